The minimum atomic E-state index is -0.675. The standard InChI is InChI=1S/C21H20N4O5S/c1-13(2)14-7-9-15(10-8-14)21-22-16(12-31-21)20(27)24-23-19(26)11-30-18-6-4-3-5-17(18)25(28)29/h3-10,12-13H,11H2,1-2H3,(H,23,26)(H,24,27). The SMILES string of the molecule is CC(C)c1ccc(-c2nc(C(=O)NNC(=O)COc3ccccc3[N+](=O)[O-])cs2)cc1. The molecule has 31 heavy (non-hydrogen) atoms. The maximum Gasteiger partial charge on any atom is 0.310 e. The van der Waals surface area contributed by atoms with Crippen LogP contribution in [0.5, 0.6) is 5.75 Å². The Labute approximate surface area is 182 Å². The van der Waals surface area contributed by atoms with Gasteiger partial charge >= 0.3 is 5.69 Å². The van der Waals surface area contributed by atoms with Gasteiger partial charge in [-0.25, -0.2) is 4.98 Å². The van der Waals surface area contributed by atoms with E-state index in [1.54, 1.807) is 11.4 Å². The van der Waals surface area contributed by atoms with Gasteiger partial charge in [-0.1, -0.05) is 50.2 Å². The fraction of sp³-hybridized carbons (Fsp3) is 0.190. The van der Waals surface area contributed by atoms with Crippen molar-refractivity contribution < 1.29 is 19.2 Å². The lowest BCUT2D eigenvalue weighted by atomic mass is 10.0. The molecule has 0 unspecified atom stereocenters. The molecule has 1 heterocycles. The summed E-state index contributed by atoms with van der Waals surface area (Å²) < 4.78 is 5.17. The van der Waals surface area contributed by atoms with Gasteiger partial charge in [-0.2, -0.15) is 0 Å². The number of para-hydroxylation sites is 2. The fourth-order valence-corrected chi connectivity index (χ4v) is 3.43. The minimum Gasteiger partial charge on any atom is -0.477 e. The number of hydrogen-bond donors (Lipinski definition) is 2. The molecule has 10 heteroatoms. The van der Waals surface area contributed by atoms with Crippen molar-refractivity contribution >= 4 is 28.8 Å². The Hall–Kier alpha value is -3.79. The first-order valence-electron chi connectivity index (χ1n) is 9.36. The van der Waals surface area contributed by atoms with E-state index in [1.165, 1.54) is 35.1 Å². The van der Waals surface area contributed by atoms with Crippen LogP contribution in [0, 0.1) is 10.1 Å². The van der Waals surface area contributed by atoms with Gasteiger partial charge < -0.3 is 4.74 Å². The highest BCUT2D eigenvalue weighted by atomic mass is 32.1. The lowest BCUT2D eigenvalue weighted by molar-refractivity contribution is -0.385. The first-order chi connectivity index (χ1) is 14.8. The van der Waals surface area contributed by atoms with E-state index in [0.29, 0.717) is 10.9 Å². The number of ether oxygens (including phenoxy) is 1. The highest BCUT2D eigenvalue weighted by Gasteiger charge is 2.16. The summed E-state index contributed by atoms with van der Waals surface area (Å²) in [5.74, 6) is -0.875. The molecule has 2 amide bonds. The Morgan fingerprint density at radius 2 is 1.84 bits per heavy atom. The van der Waals surface area contributed by atoms with E-state index in [2.05, 4.69) is 29.7 Å². The molecule has 0 atom stereocenters. The number of thiazole rings is 1. The third kappa shape index (κ3) is 5.64. The van der Waals surface area contributed by atoms with Gasteiger partial charge in [-0.3, -0.25) is 30.6 Å². The summed E-state index contributed by atoms with van der Waals surface area (Å²) in [7, 11) is 0. The number of nitro benzene ring substituents is 1. The molecule has 3 aromatic rings. The van der Waals surface area contributed by atoms with Crippen molar-refractivity contribution in [2.45, 2.75) is 19.8 Å². The average Bonchev–Trinajstić information content (AvgIpc) is 3.26. The molecule has 9 nitrogen and oxygen atoms in total. The molecule has 2 aromatic carbocycles. The quantitative estimate of drug-likeness (QED) is 0.427. The van der Waals surface area contributed by atoms with E-state index >= 15 is 0 Å². The van der Waals surface area contributed by atoms with Gasteiger partial charge in [0.05, 0.1) is 4.92 Å². The Kier molecular flexibility index (Phi) is 6.93. The van der Waals surface area contributed by atoms with Crippen LogP contribution in [-0.2, 0) is 4.79 Å². The van der Waals surface area contributed by atoms with Crippen LogP contribution in [0.25, 0.3) is 10.6 Å². The predicted octanol–water partition coefficient (Wildman–Crippen LogP) is 3.68. The van der Waals surface area contributed by atoms with Crippen molar-refractivity contribution in [2.75, 3.05) is 6.61 Å². The van der Waals surface area contributed by atoms with Crippen LogP contribution in [0.15, 0.2) is 53.9 Å². The molecule has 0 aliphatic rings. The Balaban J connectivity index is 1.53. The van der Waals surface area contributed by atoms with E-state index < -0.39 is 23.3 Å². The predicted molar refractivity (Wildman–Crippen MR) is 116 cm³/mol. The summed E-state index contributed by atoms with van der Waals surface area (Å²) in [6, 6.07) is 13.7. The third-order valence-corrected chi connectivity index (χ3v) is 5.19. The van der Waals surface area contributed by atoms with Crippen LogP contribution < -0.4 is 15.6 Å². The number of hydrazine groups is 1. The molecule has 0 aliphatic heterocycles. The van der Waals surface area contributed by atoms with Crippen molar-refractivity contribution in [2.24, 2.45) is 0 Å². The zero-order valence-electron chi connectivity index (χ0n) is 16.8. The van der Waals surface area contributed by atoms with Crippen LogP contribution in [0.3, 0.4) is 0 Å². The van der Waals surface area contributed by atoms with Gasteiger partial charge in [0.25, 0.3) is 11.8 Å². The van der Waals surface area contributed by atoms with Crippen molar-refractivity contribution in [3.8, 4) is 16.3 Å². The number of aromatic nitrogens is 1. The van der Waals surface area contributed by atoms with E-state index in [0.717, 1.165) is 5.56 Å². The molecule has 160 valence electrons. The number of nitrogens with zero attached hydrogens (tertiary/aromatic N) is 2. The Morgan fingerprint density at radius 1 is 1.13 bits per heavy atom. The van der Waals surface area contributed by atoms with Crippen LogP contribution in [0.2, 0.25) is 0 Å². The number of carbonyl (C=O) groups is 2. The lowest BCUT2D eigenvalue weighted by Crippen LogP contribution is -2.44. The van der Waals surface area contributed by atoms with Gasteiger partial charge in [0.1, 0.15) is 10.7 Å². The molecule has 0 aliphatic carbocycles. The summed E-state index contributed by atoms with van der Waals surface area (Å²) in [5.41, 5.74) is 6.47. The highest BCUT2D eigenvalue weighted by molar-refractivity contribution is 7.13. The molecule has 3 rings (SSSR count). The summed E-state index contributed by atoms with van der Waals surface area (Å²) >= 11 is 1.32. The van der Waals surface area contributed by atoms with E-state index in [-0.39, 0.29) is 17.1 Å². The number of carbonyl (C=O) groups excluding carboxylic acids is 2. The maximum absolute atomic E-state index is 12.2. The van der Waals surface area contributed by atoms with Crippen LogP contribution in [0.1, 0.15) is 35.8 Å². The monoisotopic (exact) mass is 440 g/mol. The van der Waals surface area contributed by atoms with E-state index in [9.17, 15) is 19.7 Å². The molecule has 0 saturated carbocycles. The van der Waals surface area contributed by atoms with Crippen molar-refractivity contribution in [3.63, 3.8) is 0 Å². The number of amides is 2. The van der Waals surface area contributed by atoms with Crippen molar-refractivity contribution in [1.29, 1.82) is 0 Å². The minimum absolute atomic E-state index is 0.0402. The summed E-state index contributed by atoms with van der Waals surface area (Å²) in [6.45, 7) is 3.72. The number of nitro groups is 1. The molecule has 0 bridgehead atoms. The molecule has 0 spiro atoms. The first kappa shape index (κ1) is 21.9. The van der Waals surface area contributed by atoms with Crippen molar-refractivity contribution in [3.05, 3.63) is 75.3 Å². The van der Waals surface area contributed by atoms with Crippen LogP contribution in [0.4, 0.5) is 5.69 Å². The third-order valence-electron chi connectivity index (χ3n) is 4.30. The van der Waals surface area contributed by atoms with Gasteiger partial charge in [0.15, 0.2) is 12.4 Å². The largest absolute Gasteiger partial charge is 0.477 e. The molecular weight excluding hydrogens is 420 g/mol. The average molecular weight is 440 g/mol. The zero-order valence-corrected chi connectivity index (χ0v) is 17.6. The molecule has 2 N–H and O–H groups in total. The van der Waals surface area contributed by atoms with Crippen LogP contribution >= 0.6 is 11.3 Å². The summed E-state index contributed by atoms with van der Waals surface area (Å²) in [4.78, 5) is 38.8. The number of hydrogen-bond acceptors (Lipinski definition) is 7. The number of rotatable bonds is 7. The zero-order chi connectivity index (χ0) is 22.4. The normalized spacial score (nSPS) is 10.5. The second-order valence-corrected chi connectivity index (χ2v) is 7.69. The Morgan fingerprint density at radius 3 is 2.52 bits per heavy atom. The summed E-state index contributed by atoms with van der Waals surface area (Å²) in [5, 5.41) is 13.2. The van der Waals surface area contributed by atoms with Gasteiger partial charge in [0.2, 0.25) is 0 Å². The molecule has 1 aromatic heterocycles. The molecule has 0 radical (unpaired) electrons. The molecule has 0 saturated heterocycles. The van der Waals surface area contributed by atoms with Crippen molar-refractivity contribution in [1.82, 2.24) is 15.8 Å². The molecular formula is C21H20N4O5S. The Bertz CT molecular complexity index is 1100. The smallest absolute Gasteiger partial charge is 0.310 e. The second-order valence-electron chi connectivity index (χ2n) is 6.83. The second kappa shape index (κ2) is 9.81. The maximum atomic E-state index is 12.2. The van der Waals surface area contributed by atoms with E-state index in [1.807, 2.05) is 24.3 Å². The van der Waals surface area contributed by atoms with Crippen LogP contribution in [-0.4, -0.2) is 28.3 Å². The molecule has 0 fully saturated rings. The van der Waals surface area contributed by atoms with Gasteiger partial charge in [-0.05, 0) is 17.5 Å². The first-order valence-corrected chi connectivity index (χ1v) is 10.2. The number of benzene rings is 2. The van der Waals surface area contributed by atoms with Gasteiger partial charge in [-0.15, -0.1) is 11.3 Å². The number of nitrogens with one attached hydrogen (secondary N) is 2. The van der Waals surface area contributed by atoms with E-state index in [4.69, 9.17) is 4.74 Å². The highest BCUT2D eigenvalue weighted by Crippen LogP contribution is 2.26. The van der Waals surface area contributed by atoms with Gasteiger partial charge in [0, 0.05) is 17.0 Å². The summed E-state index contributed by atoms with van der Waals surface area (Å²) in [6.07, 6.45) is 0. The topological polar surface area (TPSA) is 123 Å². The fourth-order valence-electron chi connectivity index (χ4n) is 2.62. The lowest BCUT2D eigenvalue weighted by Gasteiger charge is -2.08.